The van der Waals surface area contributed by atoms with Crippen LogP contribution < -0.4 is 16.0 Å². The van der Waals surface area contributed by atoms with Crippen LogP contribution in [0, 0.1) is 11.3 Å². The third kappa shape index (κ3) is 9.90. The third-order valence-electron chi connectivity index (χ3n) is 7.09. The number of aromatic nitrogens is 2. The Kier molecular flexibility index (Phi) is 13.8. The van der Waals surface area contributed by atoms with Gasteiger partial charge in [-0.25, -0.2) is 9.98 Å². The molecule has 0 saturated carbocycles. The minimum absolute atomic E-state index is 0.0410. The molecule has 2 unspecified atom stereocenters. The zero-order chi connectivity index (χ0) is 31.7. The first kappa shape index (κ1) is 33.7. The summed E-state index contributed by atoms with van der Waals surface area (Å²) in [6.07, 6.45) is 33.4. The van der Waals surface area contributed by atoms with Gasteiger partial charge in [-0.2, -0.15) is 0 Å². The highest BCUT2D eigenvalue weighted by Crippen LogP contribution is 2.20. The molecule has 1 aromatic rings. The van der Waals surface area contributed by atoms with Gasteiger partial charge in [0.2, 0.25) is 0 Å². The molecular weight excluding hydrogens is 546 g/mol. The summed E-state index contributed by atoms with van der Waals surface area (Å²) >= 11 is 0. The summed E-state index contributed by atoms with van der Waals surface area (Å²) in [5.74, 6) is 0.142. The molecule has 2 N–H and O–H groups in total. The number of unbranched alkanes of at least 4 members (excludes halogenated alkanes) is 1. The molecule has 0 saturated heterocycles. The molecule has 2 aliphatic rings. The van der Waals surface area contributed by atoms with Gasteiger partial charge in [0.25, 0.3) is 0 Å². The molecular formula is C37H45N5O2. The Morgan fingerprint density at radius 3 is 2.70 bits per heavy atom. The number of imidazole rings is 1. The van der Waals surface area contributed by atoms with E-state index >= 15 is 0 Å². The van der Waals surface area contributed by atoms with Crippen molar-refractivity contribution in [3.05, 3.63) is 126 Å². The second-order valence-electron chi connectivity index (χ2n) is 10.4. The van der Waals surface area contributed by atoms with Gasteiger partial charge in [-0.3, -0.25) is 4.79 Å². The number of rotatable bonds is 17. The van der Waals surface area contributed by atoms with Crippen LogP contribution in [0.2, 0.25) is 0 Å². The standard InChI is InChI=1S/C37H45N5O2/c1-6-10-18-29(16-7-2)19-12-11-13-20-30(17-8-3)24-33-28(5)23-34-36(39-27-42(34)26-35(43)44-9-4)37(41-33)40-32-22-15-14-21-31(32)25-38/h6-7,10,12,14-16,18-23,25,27,31-32,38,40H,1-2,5,8-9,11,13,17,24,26H2,3-4H3/b18-10-,19-12+,29-16+,30-20+,38-25?. The summed E-state index contributed by atoms with van der Waals surface area (Å²) in [5.41, 5.74) is 3.98. The number of esters is 1. The molecule has 0 spiro atoms. The number of aliphatic imine (C=N–C) groups is 1. The van der Waals surface area contributed by atoms with E-state index < -0.39 is 0 Å². The number of hydrogen-bond donors (Lipinski definition) is 2. The molecule has 7 heteroatoms. The van der Waals surface area contributed by atoms with E-state index in [1.54, 1.807) is 30.0 Å². The predicted molar refractivity (Wildman–Crippen MR) is 184 cm³/mol. The minimum atomic E-state index is -0.332. The average molecular weight is 592 g/mol. The number of fused-ring (bicyclic) bond motifs is 1. The summed E-state index contributed by atoms with van der Waals surface area (Å²) in [7, 11) is 0. The van der Waals surface area contributed by atoms with Gasteiger partial charge in [-0.05, 0) is 43.4 Å². The van der Waals surface area contributed by atoms with Crippen LogP contribution in [-0.4, -0.2) is 40.1 Å². The van der Waals surface area contributed by atoms with Crippen LogP contribution in [-0.2, 0) is 16.1 Å². The Morgan fingerprint density at radius 1 is 1.16 bits per heavy atom. The molecule has 230 valence electrons. The molecule has 2 heterocycles. The van der Waals surface area contributed by atoms with Crippen molar-refractivity contribution in [3.8, 4) is 0 Å². The monoisotopic (exact) mass is 591 g/mol. The number of allylic oxidation sites excluding steroid dienone is 13. The van der Waals surface area contributed by atoms with Crippen LogP contribution in [0.25, 0.3) is 11.9 Å². The molecule has 0 amide bonds. The van der Waals surface area contributed by atoms with E-state index in [0.29, 0.717) is 24.2 Å². The number of nitrogens with one attached hydrogen (secondary N) is 2. The van der Waals surface area contributed by atoms with Crippen molar-refractivity contribution in [1.82, 2.24) is 14.9 Å². The quantitative estimate of drug-likeness (QED) is 0.0769. The summed E-state index contributed by atoms with van der Waals surface area (Å²) in [5, 5.41) is 12.8. The van der Waals surface area contributed by atoms with E-state index in [4.69, 9.17) is 15.1 Å². The molecule has 44 heavy (non-hydrogen) atoms. The van der Waals surface area contributed by atoms with Crippen molar-refractivity contribution in [3.63, 3.8) is 0 Å². The minimum Gasteiger partial charge on any atom is -0.465 e. The molecule has 0 aromatic carbocycles. The number of nitrogens with zero attached hydrogens (tertiary/aromatic N) is 3. The van der Waals surface area contributed by atoms with Crippen LogP contribution in [0.4, 0.5) is 0 Å². The van der Waals surface area contributed by atoms with Crippen LogP contribution in [0.1, 0.15) is 46.0 Å². The maximum atomic E-state index is 12.4. The number of ether oxygens (including phenoxy) is 1. The van der Waals surface area contributed by atoms with Gasteiger partial charge in [-0.15, -0.1) is 0 Å². The SMILES string of the molecule is C=C\C=C/C(=C\C=C)/C=C/CC/C=C(\CCC)CC1=NC(NC2C=CC=CC2C=N)=c2ncn(CC(=O)OCC)c2=CC1=C. The first-order chi connectivity index (χ1) is 21.4. The van der Waals surface area contributed by atoms with Crippen molar-refractivity contribution < 1.29 is 9.53 Å². The Labute approximate surface area is 261 Å². The lowest BCUT2D eigenvalue weighted by molar-refractivity contribution is -0.143. The molecule has 7 nitrogen and oxygen atoms in total. The number of carbonyl (C=O) groups is 1. The summed E-state index contributed by atoms with van der Waals surface area (Å²) < 4.78 is 6.97. The van der Waals surface area contributed by atoms with Gasteiger partial charge >= 0.3 is 5.97 Å². The van der Waals surface area contributed by atoms with E-state index in [1.807, 2.05) is 48.6 Å². The van der Waals surface area contributed by atoms with E-state index in [2.05, 4.69) is 55.2 Å². The summed E-state index contributed by atoms with van der Waals surface area (Å²) in [6, 6.07) is -0.161. The Bertz CT molecular complexity index is 1560. The normalized spacial score (nSPS) is 18.5. The van der Waals surface area contributed by atoms with Gasteiger partial charge in [-0.1, -0.05) is 112 Å². The van der Waals surface area contributed by atoms with Crippen molar-refractivity contribution >= 4 is 29.8 Å². The van der Waals surface area contributed by atoms with Gasteiger partial charge in [0.1, 0.15) is 11.9 Å². The average Bonchev–Trinajstić information content (AvgIpc) is 3.34. The fraction of sp³-hybridized carbons (Fsp3) is 0.297. The van der Waals surface area contributed by atoms with Crippen LogP contribution in [0.5, 0.6) is 0 Å². The van der Waals surface area contributed by atoms with Crippen LogP contribution in [0.15, 0.2) is 121 Å². The van der Waals surface area contributed by atoms with Gasteiger partial charge in [0.15, 0.2) is 5.82 Å². The maximum Gasteiger partial charge on any atom is 0.325 e. The summed E-state index contributed by atoms with van der Waals surface area (Å²) in [6.45, 7) is 16.2. The Hall–Kier alpha value is -4.78. The molecule has 0 fully saturated rings. The number of hydrogen-bond acceptors (Lipinski definition) is 6. The van der Waals surface area contributed by atoms with Crippen LogP contribution >= 0.6 is 0 Å². The molecule has 1 aromatic heterocycles. The Balaban J connectivity index is 1.92. The molecule has 3 rings (SSSR count). The predicted octanol–water partition coefficient (Wildman–Crippen LogP) is 5.96. The topological polar surface area (TPSA) is 92.4 Å². The van der Waals surface area contributed by atoms with E-state index in [0.717, 1.165) is 47.9 Å². The lowest BCUT2D eigenvalue weighted by Crippen LogP contribution is -2.40. The van der Waals surface area contributed by atoms with Crippen molar-refractivity contribution in [1.29, 1.82) is 5.41 Å². The van der Waals surface area contributed by atoms with Crippen LogP contribution in [0.3, 0.4) is 0 Å². The molecule has 2 atom stereocenters. The molecule has 1 aliphatic heterocycles. The lowest BCUT2D eigenvalue weighted by atomic mass is 9.96. The highest BCUT2D eigenvalue weighted by molar-refractivity contribution is 6.09. The lowest BCUT2D eigenvalue weighted by Gasteiger charge is -2.23. The second kappa shape index (κ2) is 18.0. The van der Waals surface area contributed by atoms with Crippen molar-refractivity contribution in [2.24, 2.45) is 10.9 Å². The fourth-order valence-electron chi connectivity index (χ4n) is 4.93. The second-order valence-corrected chi connectivity index (χ2v) is 10.4. The third-order valence-corrected chi connectivity index (χ3v) is 7.09. The molecule has 0 bridgehead atoms. The smallest absolute Gasteiger partial charge is 0.325 e. The highest BCUT2D eigenvalue weighted by atomic mass is 16.5. The zero-order valence-electron chi connectivity index (χ0n) is 26.0. The van der Waals surface area contributed by atoms with Crippen molar-refractivity contribution in [2.45, 2.75) is 58.5 Å². The molecule has 1 aliphatic carbocycles. The Morgan fingerprint density at radius 2 is 1.98 bits per heavy atom. The largest absolute Gasteiger partial charge is 0.465 e. The van der Waals surface area contributed by atoms with Crippen molar-refractivity contribution in [2.75, 3.05) is 6.61 Å². The maximum absolute atomic E-state index is 12.4. The van der Waals surface area contributed by atoms with E-state index in [1.165, 1.54) is 11.8 Å². The van der Waals surface area contributed by atoms with Gasteiger partial charge < -0.3 is 20.0 Å². The first-order valence-electron chi connectivity index (χ1n) is 15.2. The number of carbonyl (C=O) groups excluding carboxylic acids is 1. The van der Waals surface area contributed by atoms with E-state index in [-0.39, 0.29) is 24.5 Å². The zero-order valence-corrected chi connectivity index (χ0v) is 26.0. The van der Waals surface area contributed by atoms with Gasteiger partial charge in [0, 0.05) is 18.6 Å². The fourth-order valence-corrected chi connectivity index (χ4v) is 4.93. The van der Waals surface area contributed by atoms with Gasteiger partial charge in [0.05, 0.1) is 30.0 Å². The highest BCUT2D eigenvalue weighted by Gasteiger charge is 2.21. The molecule has 0 radical (unpaired) electrons. The summed E-state index contributed by atoms with van der Waals surface area (Å²) in [4.78, 5) is 22.1. The van der Waals surface area contributed by atoms with E-state index in [9.17, 15) is 4.79 Å². The first-order valence-corrected chi connectivity index (χ1v) is 15.2.